The van der Waals surface area contributed by atoms with Crippen molar-refractivity contribution in [3.8, 4) is 11.5 Å². The van der Waals surface area contributed by atoms with Crippen LogP contribution >= 0.6 is 0 Å². The summed E-state index contributed by atoms with van der Waals surface area (Å²) in [6.45, 7) is 4.61. The zero-order valence-electron chi connectivity index (χ0n) is 13.8. The molecule has 1 amide bonds. The van der Waals surface area contributed by atoms with Crippen LogP contribution in [0.3, 0.4) is 0 Å². The van der Waals surface area contributed by atoms with Gasteiger partial charge in [0.2, 0.25) is 0 Å². The normalized spacial score (nSPS) is 11.6. The van der Waals surface area contributed by atoms with Crippen molar-refractivity contribution < 1.29 is 14.3 Å². The Morgan fingerprint density at radius 1 is 1.13 bits per heavy atom. The van der Waals surface area contributed by atoms with Crippen LogP contribution in [0, 0.1) is 6.92 Å². The summed E-state index contributed by atoms with van der Waals surface area (Å²) in [6.07, 6.45) is 0. The lowest BCUT2D eigenvalue weighted by molar-refractivity contribution is -0.123. The van der Waals surface area contributed by atoms with Gasteiger partial charge in [0.25, 0.3) is 5.91 Å². The smallest absolute Gasteiger partial charge is 0.257 e. The molecule has 23 heavy (non-hydrogen) atoms. The zero-order valence-corrected chi connectivity index (χ0v) is 13.8. The minimum Gasteiger partial charge on any atom is -0.493 e. The predicted octanol–water partition coefficient (Wildman–Crippen LogP) is 3.30. The predicted molar refractivity (Wildman–Crippen MR) is 91.1 cm³/mol. The standard InChI is InChI=1S/C19H23NO3/c1-14-9-10-17(18(11-14)22-3)23-13-19(21)20-12-15(2)16-7-5-4-6-8-16/h4-11,15H,12-13H2,1-3H3,(H,20,21). The fourth-order valence-electron chi connectivity index (χ4n) is 2.25. The van der Waals surface area contributed by atoms with E-state index in [2.05, 4.69) is 24.4 Å². The number of amides is 1. The van der Waals surface area contributed by atoms with Gasteiger partial charge in [0.05, 0.1) is 7.11 Å². The van der Waals surface area contributed by atoms with Gasteiger partial charge in [0, 0.05) is 6.54 Å². The van der Waals surface area contributed by atoms with E-state index >= 15 is 0 Å². The monoisotopic (exact) mass is 313 g/mol. The lowest BCUT2D eigenvalue weighted by Gasteiger charge is -2.14. The van der Waals surface area contributed by atoms with Crippen molar-refractivity contribution >= 4 is 5.91 Å². The van der Waals surface area contributed by atoms with E-state index in [1.165, 1.54) is 5.56 Å². The Labute approximate surface area is 137 Å². The third-order valence-corrected chi connectivity index (χ3v) is 3.65. The minimum absolute atomic E-state index is 0.0269. The lowest BCUT2D eigenvalue weighted by Crippen LogP contribution is -2.31. The van der Waals surface area contributed by atoms with Crippen LogP contribution in [0.15, 0.2) is 48.5 Å². The summed E-state index contributed by atoms with van der Waals surface area (Å²) in [4.78, 5) is 11.9. The van der Waals surface area contributed by atoms with Crippen LogP contribution in [-0.4, -0.2) is 26.2 Å². The van der Waals surface area contributed by atoms with E-state index in [0.29, 0.717) is 18.0 Å². The first kappa shape index (κ1) is 16.9. The van der Waals surface area contributed by atoms with Crippen LogP contribution in [0.1, 0.15) is 24.0 Å². The molecule has 0 saturated heterocycles. The number of rotatable bonds is 7. The average Bonchev–Trinajstić information content (AvgIpc) is 2.59. The quantitative estimate of drug-likeness (QED) is 0.853. The number of hydrogen-bond donors (Lipinski definition) is 1. The Bertz CT molecular complexity index is 640. The molecule has 1 atom stereocenters. The number of carbonyl (C=O) groups is 1. The summed E-state index contributed by atoms with van der Waals surface area (Å²) < 4.78 is 10.8. The molecule has 2 aromatic rings. The molecule has 4 heteroatoms. The molecule has 0 fully saturated rings. The van der Waals surface area contributed by atoms with E-state index in [1.54, 1.807) is 7.11 Å². The molecule has 122 valence electrons. The molecule has 0 heterocycles. The maximum absolute atomic E-state index is 11.9. The Hall–Kier alpha value is -2.49. The Morgan fingerprint density at radius 2 is 1.87 bits per heavy atom. The van der Waals surface area contributed by atoms with Gasteiger partial charge in [-0.2, -0.15) is 0 Å². The second kappa shape index (κ2) is 8.22. The molecule has 0 aliphatic rings. The highest BCUT2D eigenvalue weighted by Crippen LogP contribution is 2.27. The first-order valence-corrected chi connectivity index (χ1v) is 7.69. The van der Waals surface area contributed by atoms with Gasteiger partial charge in [0.15, 0.2) is 18.1 Å². The first-order chi connectivity index (χ1) is 11.1. The highest BCUT2D eigenvalue weighted by molar-refractivity contribution is 5.77. The highest BCUT2D eigenvalue weighted by Gasteiger charge is 2.10. The molecule has 2 aromatic carbocycles. The SMILES string of the molecule is COc1cc(C)ccc1OCC(=O)NCC(C)c1ccccc1. The largest absolute Gasteiger partial charge is 0.493 e. The van der Waals surface area contributed by atoms with Gasteiger partial charge >= 0.3 is 0 Å². The van der Waals surface area contributed by atoms with Crippen molar-refractivity contribution in [1.82, 2.24) is 5.32 Å². The van der Waals surface area contributed by atoms with Gasteiger partial charge in [0.1, 0.15) is 0 Å². The number of methoxy groups -OCH3 is 1. The first-order valence-electron chi connectivity index (χ1n) is 7.69. The van der Waals surface area contributed by atoms with E-state index in [-0.39, 0.29) is 18.4 Å². The zero-order chi connectivity index (χ0) is 16.7. The molecular weight excluding hydrogens is 290 g/mol. The van der Waals surface area contributed by atoms with E-state index in [0.717, 1.165) is 5.56 Å². The second-order valence-electron chi connectivity index (χ2n) is 5.56. The maximum atomic E-state index is 11.9. The summed E-state index contributed by atoms with van der Waals surface area (Å²) in [5.41, 5.74) is 2.28. The Morgan fingerprint density at radius 3 is 2.57 bits per heavy atom. The van der Waals surface area contributed by atoms with E-state index < -0.39 is 0 Å². The van der Waals surface area contributed by atoms with Crippen LogP contribution in [-0.2, 0) is 4.79 Å². The molecule has 2 rings (SSSR count). The van der Waals surface area contributed by atoms with Gasteiger partial charge in [-0.25, -0.2) is 0 Å². The molecular formula is C19H23NO3. The van der Waals surface area contributed by atoms with E-state index in [4.69, 9.17) is 9.47 Å². The molecule has 0 radical (unpaired) electrons. The molecule has 0 aromatic heterocycles. The molecule has 1 unspecified atom stereocenters. The Kier molecular flexibility index (Phi) is 6.03. The number of aryl methyl sites for hydroxylation is 1. The maximum Gasteiger partial charge on any atom is 0.257 e. The molecule has 0 bridgehead atoms. The Balaban J connectivity index is 1.81. The summed E-state index contributed by atoms with van der Waals surface area (Å²) in [7, 11) is 1.59. The van der Waals surface area contributed by atoms with Gasteiger partial charge in [-0.15, -0.1) is 0 Å². The van der Waals surface area contributed by atoms with Crippen molar-refractivity contribution in [2.24, 2.45) is 0 Å². The molecule has 4 nitrogen and oxygen atoms in total. The van der Waals surface area contributed by atoms with Crippen LogP contribution in [0.2, 0.25) is 0 Å². The van der Waals surface area contributed by atoms with Crippen molar-refractivity contribution in [3.63, 3.8) is 0 Å². The minimum atomic E-state index is -0.143. The van der Waals surface area contributed by atoms with Gasteiger partial charge in [-0.05, 0) is 36.1 Å². The van der Waals surface area contributed by atoms with Crippen molar-refractivity contribution in [3.05, 3.63) is 59.7 Å². The third kappa shape index (κ3) is 5.02. The van der Waals surface area contributed by atoms with Crippen LogP contribution < -0.4 is 14.8 Å². The number of benzene rings is 2. The lowest BCUT2D eigenvalue weighted by atomic mass is 10.0. The molecule has 0 saturated carbocycles. The second-order valence-corrected chi connectivity index (χ2v) is 5.56. The summed E-state index contributed by atoms with van der Waals surface area (Å²) in [6, 6.07) is 15.7. The fourth-order valence-corrected chi connectivity index (χ4v) is 2.25. The molecule has 0 spiro atoms. The van der Waals surface area contributed by atoms with Gasteiger partial charge < -0.3 is 14.8 Å². The van der Waals surface area contributed by atoms with E-state index in [1.807, 2.05) is 43.3 Å². The topological polar surface area (TPSA) is 47.6 Å². The number of hydrogen-bond acceptors (Lipinski definition) is 3. The summed E-state index contributed by atoms with van der Waals surface area (Å²) in [5.74, 6) is 1.32. The average molecular weight is 313 g/mol. The molecule has 1 N–H and O–H groups in total. The van der Waals surface area contributed by atoms with Crippen molar-refractivity contribution in [2.45, 2.75) is 19.8 Å². The van der Waals surface area contributed by atoms with Crippen LogP contribution in [0.5, 0.6) is 11.5 Å². The van der Waals surface area contributed by atoms with Crippen molar-refractivity contribution in [1.29, 1.82) is 0 Å². The molecule has 0 aliphatic heterocycles. The fraction of sp³-hybridized carbons (Fsp3) is 0.316. The summed E-state index contributed by atoms with van der Waals surface area (Å²) in [5, 5.41) is 2.90. The number of nitrogens with one attached hydrogen (secondary N) is 1. The number of carbonyl (C=O) groups excluding carboxylic acids is 1. The van der Waals surface area contributed by atoms with Crippen LogP contribution in [0.4, 0.5) is 0 Å². The van der Waals surface area contributed by atoms with Gasteiger partial charge in [-0.3, -0.25) is 4.79 Å². The highest BCUT2D eigenvalue weighted by atomic mass is 16.5. The van der Waals surface area contributed by atoms with Gasteiger partial charge in [-0.1, -0.05) is 43.3 Å². The van der Waals surface area contributed by atoms with E-state index in [9.17, 15) is 4.79 Å². The summed E-state index contributed by atoms with van der Waals surface area (Å²) >= 11 is 0. The third-order valence-electron chi connectivity index (χ3n) is 3.65. The molecule has 0 aliphatic carbocycles. The van der Waals surface area contributed by atoms with Crippen LogP contribution in [0.25, 0.3) is 0 Å². The number of ether oxygens (including phenoxy) is 2. The van der Waals surface area contributed by atoms with Crippen molar-refractivity contribution in [2.75, 3.05) is 20.3 Å².